The number of hydrogen-bond donors (Lipinski definition) is 4. The second kappa shape index (κ2) is 11.6. The molecule has 1 aromatic heterocycles. The van der Waals surface area contributed by atoms with Gasteiger partial charge in [-0.05, 0) is 23.8 Å². The van der Waals surface area contributed by atoms with Gasteiger partial charge in [0, 0.05) is 28.7 Å². The Morgan fingerprint density at radius 3 is 2.62 bits per heavy atom. The van der Waals surface area contributed by atoms with Crippen LogP contribution in [0.25, 0.3) is 0 Å². The largest absolute Gasteiger partial charge is 0.477 e. The highest BCUT2D eigenvalue weighted by Crippen LogP contribution is 2.51. The molecule has 17 heteroatoms. The first-order valence-electron chi connectivity index (χ1n) is 14.0. The summed E-state index contributed by atoms with van der Waals surface area (Å²) in [5, 5.41) is 26.8. The van der Waals surface area contributed by atoms with Crippen LogP contribution in [0.5, 0.6) is 0 Å². The third-order valence-electron chi connectivity index (χ3n) is 8.77. The van der Waals surface area contributed by atoms with E-state index < -0.39 is 17.9 Å². The number of nitrogens with one attached hydrogen (secondary N) is 2. The molecule has 0 radical (unpaired) electrons. The normalized spacial score (nSPS) is 29.2. The molecule has 4 aliphatic heterocycles. The quantitative estimate of drug-likeness (QED) is 0.158. The van der Waals surface area contributed by atoms with Gasteiger partial charge in [0.2, 0.25) is 17.7 Å². The molecular formula is C25H37N10O6S+. The van der Waals surface area contributed by atoms with Crippen molar-refractivity contribution in [1.29, 1.82) is 0 Å². The van der Waals surface area contributed by atoms with Gasteiger partial charge in [0.1, 0.15) is 18.6 Å². The third-order valence-corrected chi connectivity index (χ3v) is 10.3. The van der Waals surface area contributed by atoms with Crippen LogP contribution in [0.15, 0.2) is 16.9 Å². The van der Waals surface area contributed by atoms with Crippen molar-refractivity contribution in [3.8, 4) is 0 Å². The number of fused-ring (bicyclic) bond motifs is 1. The Bertz CT molecular complexity index is 1300. The lowest BCUT2D eigenvalue weighted by Crippen LogP contribution is -2.66. The zero-order valence-electron chi connectivity index (χ0n) is 23.8. The number of primary amides is 1. The monoisotopic (exact) mass is 605 g/mol. The number of nitrogens with two attached hydrogens (primary N) is 1. The highest BCUT2D eigenvalue weighted by molar-refractivity contribution is 8.03. The van der Waals surface area contributed by atoms with Gasteiger partial charge in [-0.15, -0.1) is 16.9 Å². The van der Waals surface area contributed by atoms with Crippen LogP contribution in [0, 0.1) is 11.8 Å². The number of amides is 4. The van der Waals surface area contributed by atoms with E-state index in [-0.39, 0.29) is 65.7 Å². The lowest BCUT2D eigenvalue weighted by molar-refractivity contribution is -0.905. The number of β-lactam (4-membered cyclic amide) rings is 1. The molecule has 4 aliphatic rings. The van der Waals surface area contributed by atoms with Crippen LogP contribution < -0.4 is 16.4 Å². The van der Waals surface area contributed by atoms with Crippen LogP contribution >= 0.6 is 11.8 Å². The molecule has 0 aromatic carbocycles. The summed E-state index contributed by atoms with van der Waals surface area (Å²) in [5.41, 5.74) is 5.37. The molecule has 0 spiro atoms. The van der Waals surface area contributed by atoms with Crippen LogP contribution in [0.4, 0.5) is 0 Å². The van der Waals surface area contributed by atoms with Crippen LogP contribution in [0.2, 0.25) is 0 Å². The first kappa shape index (κ1) is 29.9. The van der Waals surface area contributed by atoms with Crippen molar-refractivity contribution in [2.45, 2.75) is 50.2 Å². The number of thioether (sulfide) groups is 1. The van der Waals surface area contributed by atoms with Gasteiger partial charge >= 0.3 is 5.97 Å². The van der Waals surface area contributed by atoms with Crippen LogP contribution in [0.1, 0.15) is 20.3 Å². The van der Waals surface area contributed by atoms with E-state index in [4.69, 9.17) is 5.73 Å². The number of carboxylic acid groups (broad SMARTS) is 1. The summed E-state index contributed by atoms with van der Waals surface area (Å²) in [6.45, 7) is 6.69. The number of carbonyl (C=O) groups is 5. The summed E-state index contributed by atoms with van der Waals surface area (Å²) in [5.74, 6) is -3.04. The number of quaternary nitrogens is 1. The maximum absolute atomic E-state index is 13.3. The number of carbonyl (C=O) groups excluding carboxylic acids is 4. The van der Waals surface area contributed by atoms with Gasteiger partial charge in [0.15, 0.2) is 6.54 Å². The van der Waals surface area contributed by atoms with Gasteiger partial charge in [-0.1, -0.05) is 6.92 Å². The molecule has 4 amide bonds. The Hall–Kier alpha value is -3.57. The molecule has 5 heterocycles. The Labute approximate surface area is 246 Å². The maximum atomic E-state index is 13.3. The van der Waals surface area contributed by atoms with Crippen LogP contribution in [-0.4, -0.2) is 139 Å². The number of aromatic nitrogens is 4. The van der Waals surface area contributed by atoms with Crippen molar-refractivity contribution in [1.82, 2.24) is 40.6 Å². The van der Waals surface area contributed by atoms with Crippen molar-refractivity contribution in [3.63, 3.8) is 0 Å². The maximum Gasteiger partial charge on any atom is 0.353 e. The minimum Gasteiger partial charge on any atom is -0.477 e. The number of rotatable bonds is 10. The highest BCUT2D eigenvalue weighted by Gasteiger charge is 2.60. The van der Waals surface area contributed by atoms with Gasteiger partial charge in [-0.25, -0.2) is 9.48 Å². The minimum absolute atomic E-state index is 0.000588. The average Bonchev–Trinajstić information content (AvgIpc) is 3.64. The Kier molecular flexibility index (Phi) is 8.26. The smallest absolute Gasteiger partial charge is 0.353 e. The van der Waals surface area contributed by atoms with Gasteiger partial charge in [0.05, 0.1) is 51.2 Å². The van der Waals surface area contributed by atoms with Gasteiger partial charge in [0.25, 0.3) is 5.91 Å². The van der Waals surface area contributed by atoms with Gasteiger partial charge < -0.3 is 35.8 Å². The number of tetrazole rings is 1. The fraction of sp³-hybridized carbons (Fsp3) is 0.680. The molecule has 5 N–H and O–H groups in total. The molecule has 6 atom stereocenters. The predicted molar refractivity (Wildman–Crippen MR) is 148 cm³/mol. The number of aliphatic carboxylic acids is 1. The van der Waals surface area contributed by atoms with E-state index in [0.717, 1.165) is 0 Å². The summed E-state index contributed by atoms with van der Waals surface area (Å²) in [7, 11) is 1.97. The number of hydrogen-bond acceptors (Lipinski definition) is 10. The highest BCUT2D eigenvalue weighted by atomic mass is 32.2. The lowest BCUT2D eigenvalue weighted by Gasteiger charge is -2.47. The zero-order chi connectivity index (χ0) is 30.3. The van der Waals surface area contributed by atoms with E-state index in [1.54, 1.807) is 6.92 Å². The van der Waals surface area contributed by atoms with Gasteiger partial charge in [-0.3, -0.25) is 19.2 Å². The van der Waals surface area contributed by atoms with Crippen molar-refractivity contribution in [3.05, 3.63) is 16.9 Å². The summed E-state index contributed by atoms with van der Waals surface area (Å²) >= 11 is 1.42. The fourth-order valence-corrected chi connectivity index (χ4v) is 8.05. The molecule has 16 nitrogen and oxygen atoms in total. The minimum atomic E-state index is -1.17. The average molecular weight is 606 g/mol. The lowest BCUT2D eigenvalue weighted by atomic mass is 9.78. The Balaban J connectivity index is 1.19. The molecule has 1 aromatic rings. The van der Waals surface area contributed by atoms with Crippen molar-refractivity contribution in [2.24, 2.45) is 17.6 Å². The number of likely N-dealkylation sites (N-methyl/N-ethyl adjacent to an activating group) is 1. The Morgan fingerprint density at radius 2 is 2.00 bits per heavy atom. The molecule has 42 heavy (non-hydrogen) atoms. The summed E-state index contributed by atoms with van der Waals surface area (Å²) in [4.78, 5) is 66.4. The van der Waals surface area contributed by atoms with E-state index in [1.165, 1.54) is 27.7 Å². The van der Waals surface area contributed by atoms with Crippen molar-refractivity contribution < 1.29 is 33.6 Å². The molecule has 3 saturated heterocycles. The molecule has 0 aliphatic carbocycles. The molecule has 228 valence electrons. The van der Waals surface area contributed by atoms with E-state index in [9.17, 15) is 29.1 Å². The Morgan fingerprint density at radius 1 is 1.29 bits per heavy atom. The van der Waals surface area contributed by atoms with E-state index in [0.29, 0.717) is 48.5 Å². The second-order valence-electron chi connectivity index (χ2n) is 11.8. The molecular weight excluding hydrogens is 568 g/mol. The van der Waals surface area contributed by atoms with Crippen molar-refractivity contribution >= 4 is 41.4 Å². The van der Waals surface area contributed by atoms with Crippen LogP contribution in [-0.2, 0) is 30.5 Å². The predicted octanol–water partition coefficient (Wildman–Crippen LogP) is -2.81. The summed E-state index contributed by atoms with van der Waals surface area (Å²) in [6, 6.07) is -1.29. The second-order valence-corrected chi connectivity index (χ2v) is 13.2. The van der Waals surface area contributed by atoms with E-state index in [1.807, 2.05) is 18.9 Å². The standard InChI is InChI=1S/C25H36N10O6S/c1-13-20-19(14(2)29-18(37)10-33-12-28-30-31-33)24(39)34(20)21(25(40)41)22(13)42-15-8-16(27-9-15)23(38)32-4-6-35(3,7-5-32)11-17(26)36/h12-16,19-20,27H,4-11H2,1-3H3,(H3-,26,29,36,37,40,41)/p+1/t13-,14-,15+,16+,19-,20-/m1/s1. The molecule has 5 rings (SSSR count). The molecule has 0 saturated carbocycles. The zero-order valence-corrected chi connectivity index (χ0v) is 24.6. The number of piperazine rings is 1. The molecule has 3 fully saturated rings. The van der Waals surface area contributed by atoms with E-state index >= 15 is 0 Å². The number of nitrogens with zero attached hydrogens (tertiary/aromatic N) is 7. The summed E-state index contributed by atoms with van der Waals surface area (Å²) < 4.78 is 1.78. The van der Waals surface area contributed by atoms with E-state index in [2.05, 4.69) is 26.2 Å². The SMILES string of the molecule is C[C@@H](NC(=O)Cn1cnnn1)[C@H]1C(=O)N2C(C(=O)O)=C(S[C@@H]3CN[C@H](C(=O)N4CC[N+](C)(CC(N)=O)CC4)C3)[C@H](C)[C@H]12. The molecule has 0 bridgehead atoms. The molecule has 0 unspecified atom stereocenters. The topological polar surface area (TPSA) is 206 Å². The summed E-state index contributed by atoms with van der Waals surface area (Å²) in [6.07, 6.45) is 1.85. The fourth-order valence-electron chi connectivity index (χ4n) is 6.57. The van der Waals surface area contributed by atoms with Crippen molar-refractivity contribution in [2.75, 3.05) is 46.3 Å². The first-order valence-corrected chi connectivity index (χ1v) is 14.9. The van der Waals surface area contributed by atoms with Crippen LogP contribution in [0.3, 0.4) is 0 Å². The van der Waals surface area contributed by atoms with Gasteiger partial charge in [-0.2, -0.15) is 0 Å². The number of carboxylic acids is 1. The third kappa shape index (κ3) is 5.72. The first-order chi connectivity index (χ1) is 19.9.